The van der Waals surface area contributed by atoms with E-state index >= 15 is 0 Å². The molecule has 0 aromatic heterocycles. The molecule has 0 saturated heterocycles. The molecule has 0 unspecified atom stereocenters. The van der Waals surface area contributed by atoms with Crippen LogP contribution in [0, 0.1) is 0 Å². The second kappa shape index (κ2) is 9.59. The number of hydrogen-bond acceptors (Lipinski definition) is 3. The molecule has 0 radical (unpaired) electrons. The zero-order valence-corrected chi connectivity index (χ0v) is 14.8. The van der Waals surface area contributed by atoms with Crippen LogP contribution in [0.1, 0.15) is 25.8 Å². The van der Waals surface area contributed by atoms with E-state index in [0.717, 1.165) is 29.3 Å². The maximum absolute atomic E-state index is 12.4. The number of nitrogens with one attached hydrogen (secondary N) is 3. The summed E-state index contributed by atoms with van der Waals surface area (Å²) in [5.74, 6) is -0.563. The maximum atomic E-state index is 12.4. The van der Waals surface area contributed by atoms with Crippen LogP contribution in [0.3, 0.4) is 0 Å². The highest BCUT2D eigenvalue weighted by Gasteiger charge is 2.11. The monoisotopic (exact) mass is 339 g/mol. The Morgan fingerprint density at radius 1 is 1.00 bits per heavy atom. The van der Waals surface area contributed by atoms with Crippen molar-refractivity contribution in [1.29, 1.82) is 0 Å². The highest BCUT2D eigenvalue weighted by Crippen LogP contribution is 2.20. The number of carbonyl (C=O) groups is 2. The molecule has 5 nitrogen and oxygen atoms in total. The standard InChI is InChI=1S/C20H25N3O2/c1-3-11-21-12-13-22-20(25)19(23-15(2)24)14-17-9-6-8-16-7-4-5-10-18(16)17/h4-10,14,21H,3,11-13H2,1-2H3,(H,22,25)(H,23,24)/b19-14-. The van der Waals surface area contributed by atoms with E-state index in [-0.39, 0.29) is 17.5 Å². The number of carbonyl (C=O) groups excluding carboxylic acids is 2. The van der Waals surface area contributed by atoms with E-state index in [0.29, 0.717) is 13.1 Å². The largest absolute Gasteiger partial charge is 0.349 e. The lowest BCUT2D eigenvalue weighted by atomic mass is 10.0. The SMILES string of the molecule is CCCNCCNC(=O)/C(=C/c1cccc2ccccc12)NC(C)=O. The number of fused-ring (bicyclic) bond motifs is 1. The Balaban J connectivity index is 2.19. The van der Waals surface area contributed by atoms with Gasteiger partial charge in [-0.2, -0.15) is 0 Å². The summed E-state index contributed by atoms with van der Waals surface area (Å²) < 4.78 is 0. The van der Waals surface area contributed by atoms with Crippen LogP contribution in [0.5, 0.6) is 0 Å². The van der Waals surface area contributed by atoms with Crippen LogP contribution in [0.2, 0.25) is 0 Å². The van der Waals surface area contributed by atoms with Gasteiger partial charge >= 0.3 is 0 Å². The van der Waals surface area contributed by atoms with Crippen LogP contribution in [-0.4, -0.2) is 31.4 Å². The smallest absolute Gasteiger partial charge is 0.267 e. The van der Waals surface area contributed by atoms with Gasteiger partial charge in [-0.1, -0.05) is 49.4 Å². The van der Waals surface area contributed by atoms with E-state index in [1.807, 2.05) is 42.5 Å². The Hall–Kier alpha value is -2.66. The Morgan fingerprint density at radius 3 is 2.52 bits per heavy atom. The summed E-state index contributed by atoms with van der Waals surface area (Å²) in [5, 5.41) is 10.8. The van der Waals surface area contributed by atoms with Crippen LogP contribution in [0.4, 0.5) is 0 Å². The molecule has 5 heteroatoms. The summed E-state index contributed by atoms with van der Waals surface area (Å²) in [4.78, 5) is 23.9. The van der Waals surface area contributed by atoms with Crippen molar-refractivity contribution < 1.29 is 9.59 Å². The first kappa shape index (κ1) is 18.7. The van der Waals surface area contributed by atoms with Gasteiger partial charge in [0.1, 0.15) is 5.70 Å². The molecule has 2 amide bonds. The Labute approximate surface area is 148 Å². The van der Waals surface area contributed by atoms with Crippen molar-refractivity contribution in [3.63, 3.8) is 0 Å². The normalized spacial score (nSPS) is 11.4. The first-order valence-electron chi connectivity index (χ1n) is 8.57. The van der Waals surface area contributed by atoms with Crippen LogP contribution < -0.4 is 16.0 Å². The quantitative estimate of drug-likeness (QED) is 0.511. The lowest BCUT2D eigenvalue weighted by Crippen LogP contribution is -2.37. The molecule has 2 rings (SSSR count). The van der Waals surface area contributed by atoms with Gasteiger partial charge in [-0.15, -0.1) is 0 Å². The topological polar surface area (TPSA) is 70.2 Å². The molecule has 132 valence electrons. The summed E-state index contributed by atoms with van der Waals surface area (Å²) in [6.07, 6.45) is 2.77. The lowest BCUT2D eigenvalue weighted by Gasteiger charge is -2.11. The molecular formula is C20H25N3O2. The van der Waals surface area contributed by atoms with E-state index in [1.54, 1.807) is 6.08 Å². The fraction of sp³-hybridized carbons (Fsp3) is 0.300. The van der Waals surface area contributed by atoms with E-state index in [2.05, 4.69) is 22.9 Å². The lowest BCUT2D eigenvalue weighted by molar-refractivity contribution is -0.122. The molecule has 3 N–H and O–H groups in total. The third-order valence-electron chi connectivity index (χ3n) is 3.69. The van der Waals surface area contributed by atoms with Gasteiger partial charge < -0.3 is 16.0 Å². The van der Waals surface area contributed by atoms with Gasteiger partial charge in [0, 0.05) is 20.0 Å². The predicted molar refractivity (Wildman–Crippen MR) is 102 cm³/mol. The molecule has 0 saturated carbocycles. The summed E-state index contributed by atoms with van der Waals surface area (Å²) in [7, 11) is 0. The average Bonchev–Trinajstić information content (AvgIpc) is 2.60. The number of amides is 2. The van der Waals surface area contributed by atoms with E-state index in [9.17, 15) is 9.59 Å². The van der Waals surface area contributed by atoms with Crippen LogP contribution in [0.15, 0.2) is 48.2 Å². The maximum Gasteiger partial charge on any atom is 0.267 e. The fourth-order valence-corrected chi connectivity index (χ4v) is 2.54. The van der Waals surface area contributed by atoms with Crippen LogP contribution >= 0.6 is 0 Å². The second-order valence-corrected chi connectivity index (χ2v) is 5.81. The molecule has 0 bridgehead atoms. The van der Waals surface area contributed by atoms with Crippen molar-refractivity contribution in [3.8, 4) is 0 Å². The summed E-state index contributed by atoms with van der Waals surface area (Å²) in [6, 6.07) is 13.8. The van der Waals surface area contributed by atoms with Crippen molar-refractivity contribution in [2.24, 2.45) is 0 Å². The van der Waals surface area contributed by atoms with Gasteiger partial charge in [0.2, 0.25) is 5.91 Å². The van der Waals surface area contributed by atoms with Gasteiger partial charge in [-0.3, -0.25) is 9.59 Å². The third kappa shape index (κ3) is 5.72. The molecule has 25 heavy (non-hydrogen) atoms. The minimum atomic E-state index is -0.290. The molecule has 0 aliphatic rings. The van der Waals surface area contributed by atoms with Crippen molar-refractivity contribution in [3.05, 3.63) is 53.7 Å². The zero-order valence-electron chi connectivity index (χ0n) is 14.8. The molecule has 0 atom stereocenters. The second-order valence-electron chi connectivity index (χ2n) is 5.81. The summed E-state index contributed by atoms with van der Waals surface area (Å²) in [6.45, 7) is 5.60. The third-order valence-corrected chi connectivity index (χ3v) is 3.69. The first-order chi connectivity index (χ1) is 12.1. The van der Waals surface area contributed by atoms with Crippen molar-refractivity contribution >= 4 is 28.7 Å². The van der Waals surface area contributed by atoms with Crippen molar-refractivity contribution in [2.45, 2.75) is 20.3 Å². The van der Waals surface area contributed by atoms with Crippen LogP contribution in [-0.2, 0) is 9.59 Å². The van der Waals surface area contributed by atoms with E-state index in [1.165, 1.54) is 6.92 Å². The molecule has 2 aromatic carbocycles. The molecule has 0 heterocycles. The average molecular weight is 339 g/mol. The minimum absolute atomic E-state index is 0.249. The van der Waals surface area contributed by atoms with Gasteiger partial charge in [0.15, 0.2) is 0 Å². The highest BCUT2D eigenvalue weighted by molar-refractivity contribution is 6.03. The molecule has 0 aliphatic carbocycles. The fourth-order valence-electron chi connectivity index (χ4n) is 2.54. The number of benzene rings is 2. The first-order valence-corrected chi connectivity index (χ1v) is 8.57. The predicted octanol–water partition coefficient (Wildman–Crippen LogP) is 2.43. The van der Waals surface area contributed by atoms with Gasteiger partial charge in [-0.05, 0) is 35.4 Å². The molecule has 2 aromatic rings. The van der Waals surface area contributed by atoms with Crippen LogP contribution in [0.25, 0.3) is 16.8 Å². The van der Waals surface area contributed by atoms with Crippen molar-refractivity contribution in [2.75, 3.05) is 19.6 Å². The summed E-state index contributed by atoms with van der Waals surface area (Å²) >= 11 is 0. The highest BCUT2D eigenvalue weighted by atomic mass is 16.2. The van der Waals surface area contributed by atoms with E-state index < -0.39 is 0 Å². The van der Waals surface area contributed by atoms with Crippen molar-refractivity contribution in [1.82, 2.24) is 16.0 Å². The Morgan fingerprint density at radius 2 is 1.76 bits per heavy atom. The number of hydrogen-bond donors (Lipinski definition) is 3. The van der Waals surface area contributed by atoms with Gasteiger partial charge in [-0.25, -0.2) is 0 Å². The summed E-state index contributed by atoms with van der Waals surface area (Å²) in [5.41, 5.74) is 1.14. The Kier molecular flexibility index (Phi) is 7.16. The molecule has 0 spiro atoms. The van der Waals surface area contributed by atoms with E-state index in [4.69, 9.17) is 0 Å². The Bertz CT molecular complexity index is 763. The van der Waals surface area contributed by atoms with Gasteiger partial charge in [0.25, 0.3) is 5.91 Å². The van der Waals surface area contributed by atoms with Gasteiger partial charge in [0.05, 0.1) is 0 Å². The number of rotatable bonds is 8. The molecule has 0 fully saturated rings. The minimum Gasteiger partial charge on any atom is -0.349 e. The molecular weight excluding hydrogens is 314 g/mol. The zero-order chi connectivity index (χ0) is 18.1. The molecule has 0 aliphatic heterocycles.